The lowest BCUT2D eigenvalue weighted by molar-refractivity contribution is -0.128. The number of rotatable bonds is 5. The van der Waals surface area contributed by atoms with E-state index in [0.717, 1.165) is 17.0 Å². The van der Waals surface area contributed by atoms with E-state index in [9.17, 15) is 13.6 Å². The summed E-state index contributed by atoms with van der Waals surface area (Å²) in [7, 11) is 1.67. The van der Waals surface area contributed by atoms with Crippen molar-refractivity contribution < 1.29 is 13.6 Å². The van der Waals surface area contributed by atoms with Gasteiger partial charge in [0.2, 0.25) is 5.91 Å². The average molecular weight is 335 g/mol. The lowest BCUT2D eigenvalue weighted by atomic mass is 10.1. The first-order chi connectivity index (χ1) is 10.9. The van der Waals surface area contributed by atoms with Crippen molar-refractivity contribution in [1.82, 2.24) is 4.90 Å². The SMILES string of the molecule is Cc1ccc(SCC(=O)N(C)C(C)c2ccc(F)c(F)c2)cc1. The molecule has 2 nitrogen and oxygen atoms in total. The molecule has 0 aliphatic heterocycles. The number of thioether (sulfide) groups is 1. The molecule has 0 heterocycles. The van der Waals surface area contributed by atoms with Gasteiger partial charge in [-0.15, -0.1) is 11.8 Å². The van der Waals surface area contributed by atoms with Crippen LogP contribution in [0.15, 0.2) is 47.4 Å². The lowest BCUT2D eigenvalue weighted by Crippen LogP contribution is -2.31. The maximum absolute atomic E-state index is 13.3. The highest BCUT2D eigenvalue weighted by Gasteiger charge is 2.18. The molecule has 0 spiro atoms. The highest BCUT2D eigenvalue weighted by atomic mass is 32.2. The van der Waals surface area contributed by atoms with Crippen molar-refractivity contribution in [2.75, 3.05) is 12.8 Å². The van der Waals surface area contributed by atoms with Crippen molar-refractivity contribution in [2.45, 2.75) is 24.8 Å². The molecule has 0 fully saturated rings. The first-order valence-corrected chi connectivity index (χ1v) is 8.27. The van der Waals surface area contributed by atoms with E-state index in [2.05, 4.69) is 0 Å². The number of halogens is 2. The monoisotopic (exact) mass is 335 g/mol. The summed E-state index contributed by atoms with van der Waals surface area (Å²) in [6, 6.07) is 11.4. The van der Waals surface area contributed by atoms with Gasteiger partial charge >= 0.3 is 0 Å². The maximum atomic E-state index is 13.3. The van der Waals surface area contributed by atoms with Crippen LogP contribution in [-0.4, -0.2) is 23.6 Å². The van der Waals surface area contributed by atoms with Crippen molar-refractivity contribution in [3.05, 3.63) is 65.2 Å². The molecule has 0 saturated carbocycles. The van der Waals surface area contributed by atoms with Gasteiger partial charge in [-0.1, -0.05) is 23.8 Å². The molecule has 0 aromatic heterocycles. The zero-order chi connectivity index (χ0) is 17.0. The fourth-order valence-electron chi connectivity index (χ4n) is 2.09. The molecule has 1 amide bonds. The molecule has 0 N–H and O–H groups in total. The van der Waals surface area contributed by atoms with Crippen LogP contribution in [0.5, 0.6) is 0 Å². The van der Waals surface area contributed by atoms with Crippen molar-refractivity contribution in [2.24, 2.45) is 0 Å². The van der Waals surface area contributed by atoms with E-state index in [1.54, 1.807) is 18.9 Å². The molecule has 2 aromatic carbocycles. The standard InChI is InChI=1S/C18H19F2NOS/c1-12-4-7-15(8-5-12)23-11-18(22)21(3)13(2)14-6-9-16(19)17(20)10-14/h4-10,13H,11H2,1-3H3. The highest BCUT2D eigenvalue weighted by Crippen LogP contribution is 2.23. The largest absolute Gasteiger partial charge is 0.338 e. The van der Waals surface area contributed by atoms with Gasteiger partial charge in [-0.2, -0.15) is 0 Å². The van der Waals surface area contributed by atoms with Gasteiger partial charge in [-0.3, -0.25) is 4.79 Å². The quantitative estimate of drug-likeness (QED) is 0.745. The van der Waals surface area contributed by atoms with Crippen molar-refractivity contribution in [1.29, 1.82) is 0 Å². The summed E-state index contributed by atoms with van der Waals surface area (Å²) in [6.07, 6.45) is 0. The second kappa shape index (κ2) is 7.59. The number of carbonyl (C=O) groups excluding carboxylic acids is 1. The van der Waals surface area contributed by atoms with Crippen molar-refractivity contribution in [3.8, 4) is 0 Å². The third kappa shape index (κ3) is 4.55. The average Bonchev–Trinajstić information content (AvgIpc) is 2.55. The number of carbonyl (C=O) groups is 1. The van der Waals surface area contributed by atoms with Crippen LogP contribution in [0.25, 0.3) is 0 Å². The van der Waals surface area contributed by atoms with Crippen LogP contribution in [0.2, 0.25) is 0 Å². The van der Waals surface area contributed by atoms with E-state index in [1.807, 2.05) is 31.2 Å². The topological polar surface area (TPSA) is 20.3 Å². The zero-order valence-corrected chi connectivity index (χ0v) is 14.2. The van der Waals surface area contributed by atoms with Crippen molar-refractivity contribution in [3.63, 3.8) is 0 Å². The van der Waals surface area contributed by atoms with E-state index in [4.69, 9.17) is 0 Å². The van der Waals surface area contributed by atoms with E-state index in [1.165, 1.54) is 23.4 Å². The molecule has 23 heavy (non-hydrogen) atoms. The fraction of sp³-hybridized carbons (Fsp3) is 0.278. The first-order valence-electron chi connectivity index (χ1n) is 7.28. The molecule has 0 aliphatic carbocycles. The van der Waals surface area contributed by atoms with Crippen LogP contribution in [0.1, 0.15) is 24.1 Å². The molecule has 0 bridgehead atoms. The van der Waals surface area contributed by atoms with Gasteiger partial charge in [0, 0.05) is 11.9 Å². The van der Waals surface area contributed by atoms with Crippen LogP contribution in [0.3, 0.4) is 0 Å². The molecule has 122 valence electrons. The Kier molecular flexibility index (Phi) is 5.77. The highest BCUT2D eigenvalue weighted by molar-refractivity contribution is 8.00. The predicted octanol–water partition coefficient (Wildman–Crippen LogP) is 4.58. The van der Waals surface area contributed by atoms with Crippen LogP contribution < -0.4 is 0 Å². The molecule has 2 aromatic rings. The fourth-order valence-corrected chi connectivity index (χ4v) is 2.92. The summed E-state index contributed by atoms with van der Waals surface area (Å²) in [5, 5.41) is 0. The number of aryl methyl sites for hydroxylation is 1. The number of nitrogens with zero attached hydrogens (tertiary/aromatic N) is 1. The molecule has 1 unspecified atom stereocenters. The van der Waals surface area contributed by atoms with E-state index in [-0.39, 0.29) is 11.9 Å². The number of hydrogen-bond donors (Lipinski definition) is 0. The van der Waals surface area contributed by atoms with Gasteiger partial charge in [0.1, 0.15) is 0 Å². The smallest absolute Gasteiger partial charge is 0.233 e. The molecule has 2 rings (SSSR count). The Balaban J connectivity index is 1.97. The van der Waals surface area contributed by atoms with Gasteiger partial charge in [-0.25, -0.2) is 8.78 Å². The van der Waals surface area contributed by atoms with E-state index >= 15 is 0 Å². The molecule has 1 atom stereocenters. The summed E-state index contributed by atoms with van der Waals surface area (Å²) in [5.41, 5.74) is 1.74. The Morgan fingerprint density at radius 3 is 2.39 bits per heavy atom. The Morgan fingerprint density at radius 1 is 1.13 bits per heavy atom. The molecule has 0 saturated heterocycles. The normalized spacial score (nSPS) is 12.0. The van der Waals surface area contributed by atoms with Gasteiger partial charge in [0.05, 0.1) is 11.8 Å². The van der Waals surface area contributed by atoms with Gasteiger partial charge in [-0.05, 0) is 43.7 Å². The summed E-state index contributed by atoms with van der Waals surface area (Å²) in [6.45, 7) is 3.80. The Bertz CT molecular complexity index is 688. The predicted molar refractivity (Wildman–Crippen MR) is 89.4 cm³/mol. The number of amides is 1. The Morgan fingerprint density at radius 2 is 1.78 bits per heavy atom. The molecule has 0 radical (unpaired) electrons. The van der Waals surface area contributed by atoms with Gasteiger partial charge in [0.15, 0.2) is 11.6 Å². The third-order valence-electron chi connectivity index (χ3n) is 3.78. The zero-order valence-electron chi connectivity index (χ0n) is 13.3. The maximum Gasteiger partial charge on any atom is 0.233 e. The minimum absolute atomic E-state index is 0.0622. The Labute approximate surface area is 139 Å². The van der Waals surface area contributed by atoms with Crippen LogP contribution in [0, 0.1) is 18.6 Å². The summed E-state index contributed by atoms with van der Waals surface area (Å²) in [5.74, 6) is -1.55. The van der Waals surface area contributed by atoms with Crippen LogP contribution in [0.4, 0.5) is 8.78 Å². The second-order valence-corrected chi connectivity index (χ2v) is 6.50. The van der Waals surface area contributed by atoms with Gasteiger partial charge < -0.3 is 4.90 Å². The molecular weight excluding hydrogens is 316 g/mol. The molecule has 5 heteroatoms. The van der Waals surface area contributed by atoms with E-state index in [0.29, 0.717) is 11.3 Å². The van der Waals surface area contributed by atoms with Gasteiger partial charge in [0.25, 0.3) is 0 Å². The molecular formula is C18H19F2NOS. The second-order valence-electron chi connectivity index (χ2n) is 5.46. The summed E-state index contributed by atoms with van der Waals surface area (Å²) in [4.78, 5) is 14.9. The Hall–Kier alpha value is -1.88. The third-order valence-corrected chi connectivity index (χ3v) is 4.78. The minimum Gasteiger partial charge on any atom is -0.338 e. The van der Waals surface area contributed by atoms with Crippen LogP contribution in [-0.2, 0) is 4.79 Å². The number of hydrogen-bond acceptors (Lipinski definition) is 2. The summed E-state index contributed by atoms with van der Waals surface area (Å²) >= 11 is 1.46. The minimum atomic E-state index is -0.899. The lowest BCUT2D eigenvalue weighted by Gasteiger charge is -2.25. The van der Waals surface area contributed by atoms with Crippen LogP contribution >= 0.6 is 11.8 Å². The molecule has 0 aliphatic rings. The number of benzene rings is 2. The van der Waals surface area contributed by atoms with E-state index < -0.39 is 11.6 Å². The van der Waals surface area contributed by atoms with Crippen molar-refractivity contribution >= 4 is 17.7 Å². The summed E-state index contributed by atoms with van der Waals surface area (Å²) < 4.78 is 26.3. The first kappa shape index (κ1) is 17.5.